The first-order chi connectivity index (χ1) is 9.74. The summed E-state index contributed by atoms with van der Waals surface area (Å²) in [6, 6.07) is 3.16. The third-order valence-electron chi connectivity index (χ3n) is 2.63. The molecule has 114 valence electrons. The van der Waals surface area contributed by atoms with Crippen LogP contribution in [-0.4, -0.2) is 18.4 Å². The fraction of sp³-hybridized carbons (Fsp3) is 0.182. The lowest BCUT2D eigenvalue weighted by atomic mass is 10.1. The lowest BCUT2D eigenvalue weighted by Crippen LogP contribution is -2.18. The monoisotopic (exact) mass is 320 g/mol. The molecule has 0 aliphatic heterocycles. The van der Waals surface area contributed by atoms with Gasteiger partial charge in [-0.25, -0.2) is 4.98 Å². The van der Waals surface area contributed by atoms with Gasteiger partial charge >= 0.3 is 6.18 Å². The molecule has 0 aliphatic rings. The van der Waals surface area contributed by atoms with E-state index in [-0.39, 0.29) is 17.1 Å². The first kappa shape index (κ1) is 15.3. The largest absolute Gasteiger partial charge is 0.418 e. The molecule has 0 bridgehead atoms. The molecule has 4 N–H and O–H groups in total. The Balaban J connectivity index is 2.45. The predicted molar refractivity (Wildman–Crippen MR) is 68.7 cm³/mol. The second-order valence-corrected chi connectivity index (χ2v) is 5.75. The van der Waals surface area contributed by atoms with Gasteiger partial charge in [-0.2, -0.15) is 21.6 Å². The first-order valence-electron chi connectivity index (χ1n) is 5.65. The number of nitrogens with one attached hydrogen (secondary N) is 2. The number of sulfonamides is 1. The quantitative estimate of drug-likeness (QED) is 0.798. The number of halogens is 3. The van der Waals surface area contributed by atoms with Crippen molar-refractivity contribution in [2.45, 2.75) is 17.7 Å². The van der Waals surface area contributed by atoms with Gasteiger partial charge in [-0.15, -0.1) is 0 Å². The zero-order valence-electron chi connectivity index (χ0n) is 10.5. The Labute approximate surface area is 118 Å². The molecule has 0 saturated heterocycles. The summed E-state index contributed by atoms with van der Waals surface area (Å²) in [5, 5.41) is -0.335. The summed E-state index contributed by atoms with van der Waals surface area (Å²) in [5.41, 5.74) is 3.86. The molecule has 0 saturated carbocycles. The molecule has 0 spiro atoms. The van der Waals surface area contributed by atoms with E-state index in [0.29, 0.717) is 0 Å². The van der Waals surface area contributed by atoms with Crippen molar-refractivity contribution in [3.8, 4) is 0 Å². The van der Waals surface area contributed by atoms with Crippen LogP contribution < -0.4 is 10.5 Å². The number of anilines is 1. The molecule has 0 radical (unpaired) electrons. The fourth-order valence-corrected chi connectivity index (χ4v) is 2.62. The fourth-order valence-electron chi connectivity index (χ4n) is 1.63. The van der Waals surface area contributed by atoms with E-state index in [1.54, 1.807) is 0 Å². The van der Waals surface area contributed by atoms with E-state index in [9.17, 15) is 21.6 Å². The maximum atomic E-state index is 13.0. The Morgan fingerprint density at radius 1 is 1.33 bits per heavy atom. The van der Waals surface area contributed by atoms with E-state index in [2.05, 4.69) is 9.97 Å². The van der Waals surface area contributed by atoms with Gasteiger partial charge in [0.2, 0.25) is 0 Å². The third kappa shape index (κ3) is 3.34. The number of benzene rings is 1. The Bertz CT molecular complexity index is 726. The van der Waals surface area contributed by atoms with Gasteiger partial charge in [-0.3, -0.25) is 4.72 Å². The molecule has 6 nitrogen and oxygen atoms in total. The van der Waals surface area contributed by atoms with E-state index < -0.39 is 27.5 Å². The number of H-pyrrole nitrogens is 1. The molecule has 1 aromatic heterocycles. The van der Waals surface area contributed by atoms with Crippen LogP contribution in [0.1, 0.15) is 11.1 Å². The topological polar surface area (TPSA) is 101 Å². The van der Waals surface area contributed by atoms with Crippen molar-refractivity contribution in [3.05, 3.63) is 41.9 Å². The summed E-state index contributed by atoms with van der Waals surface area (Å²) < 4.78 is 64.7. The van der Waals surface area contributed by atoms with Crippen LogP contribution in [0.5, 0.6) is 0 Å². The smallest absolute Gasteiger partial charge is 0.334 e. The van der Waals surface area contributed by atoms with Crippen molar-refractivity contribution in [2.75, 3.05) is 4.72 Å². The van der Waals surface area contributed by atoms with Crippen LogP contribution >= 0.6 is 0 Å². The number of hydrogen-bond donors (Lipinski definition) is 3. The van der Waals surface area contributed by atoms with E-state index in [4.69, 9.17) is 5.73 Å². The van der Waals surface area contributed by atoms with Crippen LogP contribution in [0, 0.1) is 0 Å². The number of alkyl halides is 3. The Kier molecular flexibility index (Phi) is 3.92. The standard InChI is InChI=1S/C11H11F3N4O2S/c12-11(13,14)8-3-7(4-15)1-2-9(8)18-21(19,20)10-5-16-6-17-10/h1-3,5-6,18H,4,15H2,(H,16,17). The number of aromatic nitrogens is 2. The molecular weight excluding hydrogens is 309 g/mol. The van der Waals surface area contributed by atoms with Gasteiger partial charge in [0.1, 0.15) is 0 Å². The van der Waals surface area contributed by atoms with Crippen LogP contribution in [0.2, 0.25) is 0 Å². The minimum atomic E-state index is -4.71. The molecule has 0 fully saturated rings. The van der Waals surface area contributed by atoms with E-state index in [0.717, 1.165) is 24.7 Å². The molecular formula is C11H11F3N4O2S. The van der Waals surface area contributed by atoms with E-state index in [1.807, 2.05) is 4.72 Å². The SMILES string of the molecule is NCc1ccc(NS(=O)(=O)c2cnc[nH]2)c(C(F)(F)F)c1. The zero-order valence-corrected chi connectivity index (χ0v) is 11.3. The summed E-state index contributed by atoms with van der Waals surface area (Å²) in [6.07, 6.45) is -2.61. The summed E-state index contributed by atoms with van der Waals surface area (Å²) in [7, 11) is -4.17. The zero-order chi connectivity index (χ0) is 15.7. The average Bonchev–Trinajstić information content (AvgIpc) is 2.92. The minimum absolute atomic E-state index is 0.0866. The van der Waals surface area contributed by atoms with Crippen LogP contribution in [-0.2, 0) is 22.7 Å². The summed E-state index contributed by atoms with van der Waals surface area (Å²) in [5.74, 6) is 0. The summed E-state index contributed by atoms with van der Waals surface area (Å²) in [4.78, 5) is 5.83. The molecule has 0 unspecified atom stereocenters. The van der Waals surface area contributed by atoms with Crippen LogP contribution in [0.25, 0.3) is 0 Å². The maximum absolute atomic E-state index is 13.0. The van der Waals surface area contributed by atoms with Crippen molar-refractivity contribution >= 4 is 15.7 Å². The molecule has 0 amide bonds. The van der Waals surface area contributed by atoms with Crippen LogP contribution in [0.15, 0.2) is 35.7 Å². The normalized spacial score (nSPS) is 12.4. The number of nitrogens with zero attached hydrogens (tertiary/aromatic N) is 1. The van der Waals surface area contributed by atoms with Gasteiger partial charge in [-0.05, 0) is 17.7 Å². The van der Waals surface area contributed by atoms with Crippen LogP contribution in [0.4, 0.5) is 18.9 Å². The molecule has 21 heavy (non-hydrogen) atoms. The highest BCUT2D eigenvalue weighted by Gasteiger charge is 2.35. The van der Waals surface area contributed by atoms with Gasteiger partial charge in [0, 0.05) is 6.54 Å². The van der Waals surface area contributed by atoms with Gasteiger partial charge in [-0.1, -0.05) is 6.07 Å². The Hall–Kier alpha value is -2.07. The molecule has 2 aromatic rings. The van der Waals surface area contributed by atoms with Gasteiger partial charge in [0.25, 0.3) is 10.0 Å². The molecule has 0 aliphatic carbocycles. The molecule has 0 atom stereocenters. The van der Waals surface area contributed by atoms with E-state index in [1.165, 1.54) is 6.07 Å². The third-order valence-corrected chi connectivity index (χ3v) is 3.92. The maximum Gasteiger partial charge on any atom is 0.418 e. The Morgan fingerprint density at radius 2 is 2.05 bits per heavy atom. The number of nitrogens with two attached hydrogens (primary N) is 1. The molecule has 1 aromatic carbocycles. The number of hydrogen-bond acceptors (Lipinski definition) is 4. The lowest BCUT2D eigenvalue weighted by molar-refractivity contribution is -0.136. The highest BCUT2D eigenvalue weighted by atomic mass is 32.2. The summed E-state index contributed by atoms with van der Waals surface area (Å²) in [6.45, 7) is -0.0866. The van der Waals surface area contributed by atoms with Gasteiger partial charge in [0.05, 0.1) is 23.8 Å². The van der Waals surface area contributed by atoms with Crippen molar-refractivity contribution < 1.29 is 21.6 Å². The Morgan fingerprint density at radius 3 is 2.57 bits per heavy atom. The highest BCUT2D eigenvalue weighted by Crippen LogP contribution is 2.36. The van der Waals surface area contributed by atoms with Crippen molar-refractivity contribution in [2.24, 2.45) is 5.73 Å². The average molecular weight is 320 g/mol. The van der Waals surface area contributed by atoms with E-state index >= 15 is 0 Å². The van der Waals surface area contributed by atoms with Gasteiger partial charge in [0.15, 0.2) is 5.03 Å². The van der Waals surface area contributed by atoms with Crippen molar-refractivity contribution in [1.29, 1.82) is 0 Å². The first-order valence-corrected chi connectivity index (χ1v) is 7.14. The second-order valence-electron chi connectivity index (χ2n) is 4.10. The molecule has 10 heteroatoms. The second kappa shape index (κ2) is 5.37. The number of rotatable bonds is 4. The lowest BCUT2D eigenvalue weighted by Gasteiger charge is -2.15. The summed E-state index contributed by atoms with van der Waals surface area (Å²) >= 11 is 0. The van der Waals surface area contributed by atoms with Crippen molar-refractivity contribution in [1.82, 2.24) is 9.97 Å². The minimum Gasteiger partial charge on any atom is -0.334 e. The van der Waals surface area contributed by atoms with Gasteiger partial charge < -0.3 is 10.7 Å². The number of aromatic amines is 1. The number of imidazole rings is 1. The molecule has 1 heterocycles. The van der Waals surface area contributed by atoms with Crippen LogP contribution in [0.3, 0.4) is 0 Å². The predicted octanol–water partition coefficient (Wildman–Crippen LogP) is 1.69. The molecule has 2 rings (SSSR count). The van der Waals surface area contributed by atoms with Crippen molar-refractivity contribution in [3.63, 3.8) is 0 Å². The highest BCUT2D eigenvalue weighted by molar-refractivity contribution is 7.92.